The first kappa shape index (κ1) is 16.5. The van der Waals surface area contributed by atoms with E-state index in [1.807, 2.05) is 6.92 Å². The van der Waals surface area contributed by atoms with Crippen molar-refractivity contribution in [2.75, 3.05) is 13.1 Å². The maximum atomic E-state index is 13.0. The summed E-state index contributed by atoms with van der Waals surface area (Å²) >= 11 is 0. The van der Waals surface area contributed by atoms with E-state index >= 15 is 0 Å². The van der Waals surface area contributed by atoms with Gasteiger partial charge in [-0.15, -0.1) is 0 Å². The lowest BCUT2D eigenvalue weighted by atomic mass is 10.2. The zero-order chi connectivity index (χ0) is 15.8. The van der Waals surface area contributed by atoms with Crippen LogP contribution >= 0.6 is 0 Å². The summed E-state index contributed by atoms with van der Waals surface area (Å²) in [5, 5.41) is 4.42. The number of aryl methyl sites for hydroxylation is 1. The van der Waals surface area contributed by atoms with Gasteiger partial charge in [-0.1, -0.05) is 13.8 Å². The predicted molar refractivity (Wildman–Crippen MR) is 82.5 cm³/mol. The van der Waals surface area contributed by atoms with E-state index in [0.717, 1.165) is 25.1 Å². The van der Waals surface area contributed by atoms with Gasteiger partial charge in [0.2, 0.25) is 10.0 Å². The molecular weight excluding hydrogens is 288 g/mol. The Bertz CT molecular complexity index is 607. The highest BCUT2D eigenvalue weighted by Gasteiger charge is 2.37. The lowest BCUT2D eigenvalue weighted by molar-refractivity contribution is 0.392. The van der Waals surface area contributed by atoms with Crippen molar-refractivity contribution < 1.29 is 8.42 Å². The molecule has 1 unspecified atom stereocenters. The highest BCUT2D eigenvalue weighted by atomic mass is 32.2. The smallest absolute Gasteiger partial charge is 0.247 e. The molecule has 1 fully saturated rings. The third-order valence-electron chi connectivity index (χ3n) is 4.02. The molecule has 1 atom stereocenters. The first-order chi connectivity index (χ1) is 9.78. The number of sulfonamides is 1. The summed E-state index contributed by atoms with van der Waals surface area (Å²) < 4.78 is 29.3. The van der Waals surface area contributed by atoms with Gasteiger partial charge >= 0.3 is 0 Å². The normalized spacial score (nSPS) is 20.6. The van der Waals surface area contributed by atoms with Crippen molar-refractivity contribution in [3.63, 3.8) is 0 Å². The molecule has 0 aromatic carbocycles. The largest absolute Gasteiger partial charge is 0.329 e. The molecule has 2 N–H and O–H groups in total. The number of nitrogens with zero attached hydrogens (tertiary/aromatic N) is 3. The Labute approximate surface area is 127 Å². The maximum Gasteiger partial charge on any atom is 0.247 e. The van der Waals surface area contributed by atoms with Gasteiger partial charge in [-0.05, 0) is 32.6 Å². The highest BCUT2D eigenvalue weighted by Crippen LogP contribution is 2.29. The van der Waals surface area contributed by atoms with Gasteiger partial charge in [0, 0.05) is 25.7 Å². The van der Waals surface area contributed by atoms with Gasteiger partial charge in [-0.3, -0.25) is 4.68 Å². The molecule has 1 aliphatic heterocycles. The van der Waals surface area contributed by atoms with Crippen molar-refractivity contribution in [1.82, 2.24) is 14.1 Å². The van der Waals surface area contributed by atoms with Crippen molar-refractivity contribution in [3.05, 3.63) is 11.4 Å². The van der Waals surface area contributed by atoms with Crippen molar-refractivity contribution in [2.45, 2.75) is 58.0 Å². The molecule has 2 rings (SSSR count). The van der Waals surface area contributed by atoms with E-state index in [0.29, 0.717) is 29.6 Å². The monoisotopic (exact) mass is 314 g/mol. The van der Waals surface area contributed by atoms with E-state index in [9.17, 15) is 8.42 Å². The fourth-order valence-corrected chi connectivity index (χ4v) is 5.14. The van der Waals surface area contributed by atoms with E-state index in [4.69, 9.17) is 5.73 Å². The van der Waals surface area contributed by atoms with E-state index in [1.54, 1.807) is 15.9 Å². The van der Waals surface area contributed by atoms with Crippen LogP contribution in [0.25, 0.3) is 0 Å². The molecule has 0 radical (unpaired) electrons. The summed E-state index contributed by atoms with van der Waals surface area (Å²) in [6.07, 6.45) is 1.72. The van der Waals surface area contributed by atoms with Crippen molar-refractivity contribution >= 4 is 10.0 Å². The summed E-state index contributed by atoms with van der Waals surface area (Å²) in [4.78, 5) is 0.364. The molecule has 1 aromatic rings. The van der Waals surface area contributed by atoms with Crippen LogP contribution in [0, 0.1) is 19.8 Å². The molecule has 0 amide bonds. The number of hydrogen-bond acceptors (Lipinski definition) is 4. The lowest BCUT2D eigenvalue weighted by Crippen LogP contribution is -2.40. The van der Waals surface area contributed by atoms with Crippen molar-refractivity contribution in [2.24, 2.45) is 11.7 Å². The molecule has 1 aromatic heterocycles. The standard InChI is InChI=1S/C14H26N4O2S/c1-10(2)9-17-12(4)14(11(3)16-17)21(19,20)18-7-5-6-13(18)8-15/h10,13H,5-9,15H2,1-4H3. The Morgan fingerprint density at radius 2 is 2.05 bits per heavy atom. The van der Waals surface area contributed by atoms with Gasteiger partial charge < -0.3 is 5.73 Å². The minimum Gasteiger partial charge on any atom is -0.329 e. The van der Waals surface area contributed by atoms with Gasteiger partial charge in [-0.25, -0.2) is 8.42 Å². The van der Waals surface area contributed by atoms with Crippen LogP contribution in [0.2, 0.25) is 0 Å². The quantitative estimate of drug-likeness (QED) is 0.887. The summed E-state index contributed by atoms with van der Waals surface area (Å²) in [6.45, 7) is 9.44. The van der Waals surface area contributed by atoms with Gasteiger partial charge in [0.1, 0.15) is 4.90 Å². The summed E-state index contributed by atoms with van der Waals surface area (Å²) in [7, 11) is -3.51. The van der Waals surface area contributed by atoms with Crippen LogP contribution in [0.5, 0.6) is 0 Å². The Morgan fingerprint density at radius 3 is 2.62 bits per heavy atom. The third kappa shape index (κ3) is 3.00. The first-order valence-electron chi connectivity index (χ1n) is 7.55. The molecule has 0 saturated carbocycles. The van der Waals surface area contributed by atoms with Gasteiger partial charge in [0.25, 0.3) is 0 Å². The molecular formula is C14H26N4O2S. The van der Waals surface area contributed by atoms with Crippen LogP contribution < -0.4 is 5.73 Å². The average Bonchev–Trinajstić information content (AvgIpc) is 2.95. The van der Waals surface area contributed by atoms with Gasteiger partial charge in [-0.2, -0.15) is 9.40 Å². The van der Waals surface area contributed by atoms with Crippen molar-refractivity contribution in [3.8, 4) is 0 Å². The fraction of sp³-hybridized carbons (Fsp3) is 0.786. The molecule has 7 heteroatoms. The number of hydrogen-bond donors (Lipinski definition) is 1. The van der Waals surface area contributed by atoms with E-state index in [1.165, 1.54) is 0 Å². The van der Waals surface area contributed by atoms with Crippen LogP contribution in [0.1, 0.15) is 38.1 Å². The Kier molecular flexibility index (Phi) is 4.75. The predicted octanol–water partition coefficient (Wildman–Crippen LogP) is 1.27. The number of aromatic nitrogens is 2. The molecule has 2 heterocycles. The van der Waals surface area contributed by atoms with E-state index in [2.05, 4.69) is 18.9 Å². The molecule has 0 spiro atoms. The average molecular weight is 314 g/mol. The first-order valence-corrected chi connectivity index (χ1v) is 8.99. The fourth-order valence-electron chi connectivity index (χ4n) is 3.06. The Hall–Kier alpha value is -0.920. The van der Waals surface area contributed by atoms with Crippen LogP contribution in [0.15, 0.2) is 4.90 Å². The second-order valence-electron chi connectivity index (χ2n) is 6.22. The molecule has 1 aliphatic rings. The van der Waals surface area contributed by atoms with E-state index < -0.39 is 10.0 Å². The Morgan fingerprint density at radius 1 is 1.38 bits per heavy atom. The van der Waals surface area contributed by atoms with Gasteiger partial charge in [0.15, 0.2) is 0 Å². The summed E-state index contributed by atoms with van der Waals surface area (Å²) in [5.74, 6) is 0.419. The topological polar surface area (TPSA) is 81.2 Å². The second-order valence-corrected chi connectivity index (χ2v) is 8.05. The molecule has 0 aliphatic carbocycles. The molecule has 1 saturated heterocycles. The number of nitrogens with two attached hydrogens (primary N) is 1. The van der Waals surface area contributed by atoms with Crippen LogP contribution in [-0.4, -0.2) is 41.6 Å². The van der Waals surface area contributed by atoms with E-state index in [-0.39, 0.29) is 6.04 Å². The van der Waals surface area contributed by atoms with Crippen LogP contribution in [0.4, 0.5) is 0 Å². The highest BCUT2D eigenvalue weighted by molar-refractivity contribution is 7.89. The van der Waals surface area contributed by atoms with Crippen molar-refractivity contribution in [1.29, 1.82) is 0 Å². The number of rotatable bonds is 5. The molecule has 6 nitrogen and oxygen atoms in total. The van der Waals surface area contributed by atoms with Gasteiger partial charge in [0.05, 0.1) is 11.4 Å². The Balaban J connectivity index is 2.43. The summed E-state index contributed by atoms with van der Waals surface area (Å²) in [5.41, 5.74) is 7.02. The minimum atomic E-state index is -3.51. The molecule has 0 bridgehead atoms. The maximum absolute atomic E-state index is 13.0. The third-order valence-corrected chi connectivity index (χ3v) is 6.22. The SMILES string of the molecule is Cc1nn(CC(C)C)c(C)c1S(=O)(=O)N1CCCC1CN. The zero-order valence-electron chi connectivity index (χ0n) is 13.3. The van der Waals surface area contributed by atoms with Crippen LogP contribution in [0.3, 0.4) is 0 Å². The second kappa shape index (κ2) is 6.06. The minimum absolute atomic E-state index is 0.0813. The molecule has 120 valence electrons. The lowest BCUT2D eigenvalue weighted by Gasteiger charge is -2.23. The summed E-state index contributed by atoms with van der Waals surface area (Å²) in [6, 6.07) is -0.0813. The molecule has 21 heavy (non-hydrogen) atoms. The zero-order valence-corrected chi connectivity index (χ0v) is 14.2. The van der Waals surface area contributed by atoms with Crippen LogP contribution in [-0.2, 0) is 16.6 Å².